The Hall–Kier alpha value is -0.0200. The summed E-state index contributed by atoms with van der Waals surface area (Å²) in [4.78, 5) is 1.98. The van der Waals surface area contributed by atoms with Crippen LogP contribution in [-0.4, -0.2) is 28.9 Å². The van der Waals surface area contributed by atoms with Crippen LogP contribution < -0.4 is 0 Å². The molecule has 0 aromatic carbocycles. The number of allylic oxidation sites excluding steroid dienone is 1. The van der Waals surface area contributed by atoms with Crippen molar-refractivity contribution in [1.82, 2.24) is 4.90 Å². The van der Waals surface area contributed by atoms with E-state index < -0.39 is 0 Å². The number of rotatable bonds is 5. The predicted octanol–water partition coefficient (Wildman–Crippen LogP) is 2.14. The van der Waals surface area contributed by atoms with Crippen LogP contribution in [0, 0.1) is 0 Å². The molecule has 0 spiro atoms. The molecule has 0 aromatic rings. The molecule has 0 aliphatic carbocycles. The minimum Gasteiger partial charge on any atom is -0.342 e. The normalized spacial score (nSPS) is 9.00. The van der Waals surface area contributed by atoms with Crippen LogP contribution in [0.4, 0.5) is 0 Å². The van der Waals surface area contributed by atoms with Crippen LogP contribution in [-0.2, 0) is 0 Å². The van der Waals surface area contributed by atoms with Crippen LogP contribution in [0.25, 0.3) is 0 Å². The molecule has 10 heavy (non-hydrogen) atoms. The first kappa shape index (κ1) is 9.98. The first-order chi connectivity index (χ1) is 4.72. The topological polar surface area (TPSA) is 3.24 Å². The molecule has 0 heterocycles. The highest BCUT2D eigenvalue weighted by molar-refractivity contribution is 7.98. The molecule has 0 rings (SSSR count). The predicted molar refractivity (Wildman–Crippen MR) is 53.6 cm³/mol. The van der Waals surface area contributed by atoms with E-state index in [1.165, 1.54) is 0 Å². The Morgan fingerprint density at radius 2 is 2.40 bits per heavy atom. The molecular formula is C7H13NS2. The SMILES string of the molecule is C=C(C)N(C=S)CCSC. The molecule has 0 radical (unpaired) electrons. The third-order valence-electron chi connectivity index (χ3n) is 1.15. The lowest BCUT2D eigenvalue weighted by Crippen LogP contribution is -2.20. The quantitative estimate of drug-likeness (QED) is 0.589. The molecule has 3 heteroatoms. The summed E-state index contributed by atoms with van der Waals surface area (Å²) in [5, 5.41) is 0. The molecule has 0 bridgehead atoms. The summed E-state index contributed by atoms with van der Waals surface area (Å²) in [5.74, 6) is 1.10. The fourth-order valence-corrected chi connectivity index (χ4v) is 1.19. The number of thiocarbonyl (C=S) groups is 1. The lowest BCUT2D eigenvalue weighted by atomic mass is 10.5. The van der Waals surface area contributed by atoms with Gasteiger partial charge in [0.25, 0.3) is 0 Å². The van der Waals surface area contributed by atoms with Gasteiger partial charge in [0, 0.05) is 18.0 Å². The highest BCUT2D eigenvalue weighted by Gasteiger charge is 1.96. The molecule has 0 aliphatic rings. The van der Waals surface area contributed by atoms with Gasteiger partial charge in [-0.1, -0.05) is 18.8 Å². The third kappa shape index (κ3) is 3.90. The standard InChI is InChI=1S/C7H13NS2/c1-7(2)8(6-9)4-5-10-3/h6H,1,4-5H2,2-3H3. The molecule has 0 aromatic heterocycles. The molecule has 0 atom stereocenters. The molecule has 1 nitrogen and oxygen atoms in total. The van der Waals surface area contributed by atoms with Crippen LogP contribution in [0.1, 0.15) is 6.92 Å². The lowest BCUT2D eigenvalue weighted by Gasteiger charge is -2.17. The van der Waals surface area contributed by atoms with Crippen molar-refractivity contribution in [3.8, 4) is 0 Å². The summed E-state index contributed by atoms with van der Waals surface area (Å²) in [5.41, 5.74) is 2.67. The Morgan fingerprint density at radius 3 is 2.70 bits per heavy atom. The number of hydrogen-bond donors (Lipinski definition) is 0. The smallest absolute Gasteiger partial charge is 0.0682 e. The number of nitrogens with zero attached hydrogens (tertiary/aromatic N) is 1. The third-order valence-corrected chi connectivity index (χ3v) is 2.00. The average Bonchev–Trinajstić information content (AvgIpc) is 1.89. The largest absolute Gasteiger partial charge is 0.342 e. The van der Waals surface area contributed by atoms with Crippen molar-refractivity contribution in [3.05, 3.63) is 12.3 Å². The van der Waals surface area contributed by atoms with Gasteiger partial charge in [-0.05, 0) is 13.2 Å². The highest BCUT2D eigenvalue weighted by atomic mass is 32.2. The molecule has 0 saturated carbocycles. The van der Waals surface area contributed by atoms with E-state index in [9.17, 15) is 0 Å². The van der Waals surface area contributed by atoms with Crippen molar-refractivity contribution >= 4 is 29.5 Å². The van der Waals surface area contributed by atoms with Gasteiger partial charge < -0.3 is 4.90 Å². The van der Waals surface area contributed by atoms with Crippen molar-refractivity contribution in [1.29, 1.82) is 0 Å². The van der Waals surface area contributed by atoms with E-state index in [0.717, 1.165) is 18.0 Å². The molecule has 0 saturated heterocycles. The van der Waals surface area contributed by atoms with Gasteiger partial charge in [0.2, 0.25) is 0 Å². The zero-order valence-electron chi connectivity index (χ0n) is 6.46. The Labute approximate surface area is 72.5 Å². The van der Waals surface area contributed by atoms with Gasteiger partial charge in [-0.2, -0.15) is 11.8 Å². The summed E-state index contributed by atoms with van der Waals surface area (Å²) in [6.45, 7) is 6.73. The summed E-state index contributed by atoms with van der Waals surface area (Å²) in [7, 11) is 0. The fraction of sp³-hybridized carbons (Fsp3) is 0.571. The van der Waals surface area contributed by atoms with Crippen LogP contribution >= 0.6 is 24.0 Å². The Balaban J connectivity index is 3.60. The second kappa shape index (κ2) is 5.74. The maximum atomic E-state index is 4.79. The first-order valence-corrected chi connectivity index (χ1v) is 4.95. The van der Waals surface area contributed by atoms with Crippen LogP contribution in [0.5, 0.6) is 0 Å². The first-order valence-electron chi connectivity index (χ1n) is 3.08. The van der Waals surface area contributed by atoms with Gasteiger partial charge >= 0.3 is 0 Å². The van der Waals surface area contributed by atoms with Crippen LogP contribution in [0.15, 0.2) is 12.3 Å². The summed E-state index contributed by atoms with van der Waals surface area (Å²) < 4.78 is 0. The Kier molecular flexibility index (Phi) is 5.73. The lowest BCUT2D eigenvalue weighted by molar-refractivity contribution is 0.574. The monoisotopic (exact) mass is 175 g/mol. The second-order valence-corrected chi connectivity index (χ2v) is 3.22. The number of hydrogen-bond acceptors (Lipinski definition) is 2. The zero-order chi connectivity index (χ0) is 7.98. The highest BCUT2D eigenvalue weighted by Crippen LogP contribution is 1.99. The number of thioether (sulfide) groups is 1. The van der Waals surface area contributed by atoms with Crippen molar-refractivity contribution < 1.29 is 0 Å². The fourth-order valence-electron chi connectivity index (χ4n) is 0.523. The summed E-state index contributed by atoms with van der Waals surface area (Å²) in [6.07, 6.45) is 2.08. The van der Waals surface area contributed by atoms with E-state index in [0.29, 0.717) is 0 Å². The van der Waals surface area contributed by atoms with Crippen molar-refractivity contribution in [3.63, 3.8) is 0 Å². The van der Waals surface area contributed by atoms with Gasteiger partial charge in [-0.15, -0.1) is 0 Å². The maximum Gasteiger partial charge on any atom is 0.0682 e. The van der Waals surface area contributed by atoms with Gasteiger partial charge in [0.15, 0.2) is 0 Å². The Morgan fingerprint density at radius 1 is 1.80 bits per heavy atom. The van der Waals surface area contributed by atoms with Gasteiger partial charge in [-0.3, -0.25) is 0 Å². The molecular weight excluding hydrogens is 162 g/mol. The van der Waals surface area contributed by atoms with E-state index >= 15 is 0 Å². The summed E-state index contributed by atoms with van der Waals surface area (Å²) in [6, 6.07) is 0. The molecule has 0 unspecified atom stereocenters. The second-order valence-electron chi connectivity index (χ2n) is 2.03. The molecule has 58 valence electrons. The van der Waals surface area contributed by atoms with Gasteiger partial charge in [-0.25, -0.2) is 0 Å². The van der Waals surface area contributed by atoms with Crippen molar-refractivity contribution in [2.45, 2.75) is 6.92 Å². The molecule has 0 N–H and O–H groups in total. The minimum atomic E-state index is 0.972. The minimum absolute atomic E-state index is 0.972. The maximum absolute atomic E-state index is 4.79. The van der Waals surface area contributed by atoms with E-state index in [1.807, 2.05) is 23.6 Å². The molecule has 0 amide bonds. The average molecular weight is 175 g/mol. The Bertz CT molecular complexity index is 123. The zero-order valence-corrected chi connectivity index (χ0v) is 8.10. The summed E-state index contributed by atoms with van der Waals surface area (Å²) >= 11 is 6.61. The van der Waals surface area contributed by atoms with Crippen LogP contribution in [0.3, 0.4) is 0 Å². The van der Waals surface area contributed by atoms with E-state index in [4.69, 9.17) is 12.2 Å². The molecule has 0 fully saturated rings. The van der Waals surface area contributed by atoms with E-state index in [-0.39, 0.29) is 0 Å². The van der Waals surface area contributed by atoms with E-state index in [2.05, 4.69) is 12.8 Å². The van der Waals surface area contributed by atoms with Crippen molar-refractivity contribution in [2.75, 3.05) is 18.6 Å². The van der Waals surface area contributed by atoms with E-state index in [1.54, 1.807) is 5.49 Å². The van der Waals surface area contributed by atoms with Gasteiger partial charge in [0.05, 0.1) is 5.49 Å². The van der Waals surface area contributed by atoms with Gasteiger partial charge in [0.1, 0.15) is 0 Å². The van der Waals surface area contributed by atoms with Crippen molar-refractivity contribution in [2.24, 2.45) is 0 Å². The van der Waals surface area contributed by atoms with Crippen LogP contribution in [0.2, 0.25) is 0 Å². The molecule has 0 aliphatic heterocycles.